The maximum absolute atomic E-state index is 9.81. The Morgan fingerprint density at radius 3 is 2.47 bits per heavy atom. The largest absolute Gasteiger partial charge is 0.508 e. The molecule has 5 atom stereocenters. The first-order valence-corrected chi connectivity index (χ1v) is 5.89. The van der Waals surface area contributed by atoms with Crippen LogP contribution >= 0.6 is 0 Å². The van der Waals surface area contributed by atoms with Gasteiger partial charge in [0.1, 0.15) is 30.2 Å². The molecule has 19 heavy (non-hydrogen) atoms. The predicted molar refractivity (Wildman–Crippen MR) is 65.5 cm³/mol. The van der Waals surface area contributed by atoms with E-state index in [0.717, 1.165) is 0 Å². The fourth-order valence-corrected chi connectivity index (χ4v) is 1.98. The smallest absolute Gasteiger partial charge is 0.157 e. The van der Waals surface area contributed by atoms with Crippen molar-refractivity contribution in [1.82, 2.24) is 0 Å². The Labute approximate surface area is 109 Å². The first-order chi connectivity index (χ1) is 9.02. The van der Waals surface area contributed by atoms with Gasteiger partial charge in [0.05, 0.1) is 6.61 Å². The Hall–Kier alpha value is -1.38. The lowest BCUT2D eigenvalue weighted by Crippen LogP contribution is -2.60. The topological polar surface area (TPSA) is 122 Å². The van der Waals surface area contributed by atoms with Crippen LogP contribution in [0.2, 0.25) is 0 Å². The molecule has 7 heteroatoms. The van der Waals surface area contributed by atoms with E-state index in [1.807, 2.05) is 0 Å². The van der Waals surface area contributed by atoms with E-state index in [1.54, 1.807) is 12.1 Å². The van der Waals surface area contributed by atoms with E-state index in [4.69, 9.17) is 9.84 Å². The molecule has 0 amide bonds. The molecule has 7 nitrogen and oxygen atoms in total. The molecule has 0 aliphatic carbocycles. The highest BCUT2D eigenvalue weighted by atomic mass is 16.6. The van der Waals surface area contributed by atoms with E-state index in [9.17, 15) is 20.4 Å². The third-order valence-corrected chi connectivity index (χ3v) is 3.05. The fraction of sp³-hybridized carbons (Fsp3) is 0.500. The zero-order valence-corrected chi connectivity index (χ0v) is 10.0. The van der Waals surface area contributed by atoms with E-state index in [-0.39, 0.29) is 5.75 Å². The van der Waals surface area contributed by atoms with Crippen molar-refractivity contribution in [2.24, 2.45) is 0 Å². The van der Waals surface area contributed by atoms with Crippen LogP contribution in [0.5, 0.6) is 5.75 Å². The van der Waals surface area contributed by atoms with Crippen molar-refractivity contribution in [1.29, 1.82) is 0 Å². The molecule has 1 aliphatic rings. The Morgan fingerprint density at radius 1 is 1.11 bits per heavy atom. The summed E-state index contributed by atoms with van der Waals surface area (Å²) >= 11 is 0. The number of hydrogen-bond donors (Lipinski definition) is 6. The SMILES string of the molecule is OC[C@@H]1O[C@H](Nc2cccc(O)c2)[C@@H](O)[C@H](O)[C@@H]1O. The van der Waals surface area contributed by atoms with Crippen LogP contribution in [0.1, 0.15) is 0 Å². The monoisotopic (exact) mass is 271 g/mol. The number of aliphatic hydroxyl groups excluding tert-OH is 4. The van der Waals surface area contributed by atoms with Gasteiger partial charge in [0.25, 0.3) is 0 Å². The van der Waals surface area contributed by atoms with Crippen molar-refractivity contribution < 1.29 is 30.3 Å². The van der Waals surface area contributed by atoms with Crippen LogP contribution in [0, 0.1) is 0 Å². The van der Waals surface area contributed by atoms with E-state index in [1.165, 1.54) is 12.1 Å². The van der Waals surface area contributed by atoms with Crippen molar-refractivity contribution in [2.75, 3.05) is 11.9 Å². The second-order valence-electron chi connectivity index (χ2n) is 4.44. The third kappa shape index (κ3) is 2.96. The number of aromatic hydroxyl groups is 1. The van der Waals surface area contributed by atoms with Gasteiger partial charge in [-0.05, 0) is 12.1 Å². The molecule has 0 saturated carbocycles. The minimum Gasteiger partial charge on any atom is -0.508 e. The molecule has 1 aromatic carbocycles. The minimum absolute atomic E-state index is 0.0367. The van der Waals surface area contributed by atoms with Gasteiger partial charge in [-0.15, -0.1) is 0 Å². The average Bonchev–Trinajstić information content (AvgIpc) is 2.39. The van der Waals surface area contributed by atoms with Gasteiger partial charge in [0, 0.05) is 11.8 Å². The van der Waals surface area contributed by atoms with E-state index in [2.05, 4.69) is 5.32 Å². The second kappa shape index (κ2) is 5.72. The van der Waals surface area contributed by atoms with Crippen molar-refractivity contribution in [3.63, 3.8) is 0 Å². The number of aliphatic hydroxyl groups is 4. The van der Waals surface area contributed by atoms with Crippen LogP contribution in [0.4, 0.5) is 5.69 Å². The Balaban J connectivity index is 2.10. The molecule has 0 radical (unpaired) electrons. The lowest BCUT2D eigenvalue weighted by atomic mass is 9.98. The number of benzene rings is 1. The summed E-state index contributed by atoms with van der Waals surface area (Å²) < 4.78 is 5.27. The van der Waals surface area contributed by atoms with Crippen molar-refractivity contribution in [2.45, 2.75) is 30.6 Å². The molecule has 2 rings (SSSR count). The van der Waals surface area contributed by atoms with Crippen molar-refractivity contribution >= 4 is 5.69 Å². The predicted octanol–water partition coefficient (Wildman–Crippen LogP) is -1.40. The molecule has 0 spiro atoms. The van der Waals surface area contributed by atoms with Gasteiger partial charge in [-0.25, -0.2) is 0 Å². The summed E-state index contributed by atoms with van der Waals surface area (Å²) in [7, 11) is 0. The van der Waals surface area contributed by atoms with Gasteiger partial charge < -0.3 is 35.6 Å². The van der Waals surface area contributed by atoms with E-state index in [0.29, 0.717) is 5.69 Å². The van der Waals surface area contributed by atoms with Crippen LogP contribution in [-0.2, 0) is 4.74 Å². The zero-order valence-electron chi connectivity index (χ0n) is 10.0. The van der Waals surface area contributed by atoms with Gasteiger partial charge in [-0.1, -0.05) is 6.07 Å². The molecule has 1 fully saturated rings. The molecule has 106 valence electrons. The first kappa shape index (κ1) is 14.0. The standard InChI is InChI=1S/C12H17NO6/c14-5-8-9(16)10(17)11(18)12(19-8)13-6-2-1-3-7(15)4-6/h1-4,8-18H,5H2/t8-,9+,10+,11-,12-/m0/s1. The van der Waals surface area contributed by atoms with Gasteiger partial charge in [-0.3, -0.25) is 0 Å². The Bertz CT molecular complexity index is 426. The summed E-state index contributed by atoms with van der Waals surface area (Å²) in [5.74, 6) is 0.0367. The third-order valence-electron chi connectivity index (χ3n) is 3.05. The Morgan fingerprint density at radius 2 is 1.84 bits per heavy atom. The number of rotatable bonds is 3. The highest BCUT2D eigenvalue weighted by Crippen LogP contribution is 2.24. The minimum atomic E-state index is -1.43. The van der Waals surface area contributed by atoms with Crippen molar-refractivity contribution in [3.8, 4) is 5.75 Å². The van der Waals surface area contributed by atoms with E-state index < -0.39 is 37.3 Å². The summed E-state index contributed by atoms with van der Waals surface area (Å²) in [4.78, 5) is 0. The number of nitrogens with one attached hydrogen (secondary N) is 1. The van der Waals surface area contributed by atoms with E-state index >= 15 is 0 Å². The molecule has 1 saturated heterocycles. The maximum Gasteiger partial charge on any atom is 0.157 e. The molecule has 1 aromatic rings. The lowest BCUT2D eigenvalue weighted by molar-refractivity contribution is -0.221. The van der Waals surface area contributed by atoms with Crippen molar-refractivity contribution in [3.05, 3.63) is 24.3 Å². The number of phenols is 1. The van der Waals surface area contributed by atoms with Gasteiger partial charge in [0.15, 0.2) is 6.23 Å². The highest BCUT2D eigenvalue weighted by Gasteiger charge is 2.43. The zero-order chi connectivity index (χ0) is 14.0. The molecule has 1 heterocycles. The average molecular weight is 271 g/mol. The van der Waals surface area contributed by atoms with Crippen LogP contribution in [0.3, 0.4) is 0 Å². The highest BCUT2D eigenvalue weighted by molar-refractivity contribution is 5.48. The quantitative estimate of drug-likeness (QED) is 0.400. The normalized spacial score (nSPS) is 35.1. The van der Waals surface area contributed by atoms with Gasteiger partial charge in [0.2, 0.25) is 0 Å². The molecule has 0 aromatic heterocycles. The number of phenolic OH excluding ortho intramolecular Hbond substituents is 1. The number of ether oxygens (including phenoxy) is 1. The molecule has 0 bridgehead atoms. The van der Waals surface area contributed by atoms with Gasteiger partial charge >= 0.3 is 0 Å². The summed E-state index contributed by atoms with van der Waals surface area (Å²) in [6, 6.07) is 6.14. The summed E-state index contributed by atoms with van der Waals surface area (Å²) in [6.45, 7) is -0.483. The van der Waals surface area contributed by atoms with Crippen LogP contribution in [0.25, 0.3) is 0 Å². The number of hydrogen-bond acceptors (Lipinski definition) is 7. The molecule has 1 aliphatic heterocycles. The maximum atomic E-state index is 9.81. The number of anilines is 1. The molecular weight excluding hydrogens is 254 g/mol. The molecule has 6 N–H and O–H groups in total. The lowest BCUT2D eigenvalue weighted by Gasteiger charge is -2.40. The van der Waals surface area contributed by atoms with Gasteiger partial charge in [-0.2, -0.15) is 0 Å². The fourth-order valence-electron chi connectivity index (χ4n) is 1.98. The second-order valence-corrected chi connectivity index (χ2v) is 4.44. The molecular formula is C12H17NO6. The van der Waals surface area contributed by atoms with Crippen LogP contribution < -0.4 is 5.32 Å². The summed E-state index contributed by atoms with van der Waals surface area (Å²) in [5.41, 5.74) is 0.476. The summed E-state index contributed by atoms with van der Waals surface area (Å²) in [6.07, 6.45) is -6.14. The molecule has 0 unspecified atom stereocenters. The Kier molecular flexibility index (Phi) is 4.23. The van der Waals surface area contributed by atoms with Crippen LogP contribution in [0.15, 0.2) is 24.3 Å². The van der Waals surface area contributed by atoms with Crippen LogP contribution in [-0.4, -0.2) is 62.8 Å². The summed E-state index contributed by atoms with van der Waals surface area (Å²) in [5, 5.41) is 50.2. The first-order valence-electron chi connectivity index (χ1n) is 5.89.